The van der Waals surface area contributed by atoms with Gasteiger partial charge < -0.3 is 0 Å². The molecule has 0 spiro atoms. The molecule has 0 aromatic heterocycles. The van der Waals surface area contributed by atoms with E-state index < -0.39 is 0 Å². The van der Waals surface area contributed by atoms with Crippen LogP contribution in [0.4, 0.5) is 0 Å². The maximum atomic E-state index is 2.40. The van der Waals surface area contributed by atoms with E-state index in [2.05, 4.69) is 78.9 Å². The average Bonchev–Trinajstić information content (AvgIpc) is 3.30. The summed E-state index contributed by atoms with van der Waals surface area (Å²) in [5, 5.41) is 0. The second-order valence-corrected chi connectivity index (χ2v) is 6.57. The van der Waals surface area contributed by atoms with Crippen LogP contribution in [0.15, 0.2) is 84.0 Å². The molecule has 0 radical (unpaired) electrons. The monoisotopic (exact) mass is 294 g/mol. The summed E-state index contributed by atoms with van der Waals surface area (Å²) in [5.41, 5.74) is 10.3. The van der Waals surface area contributed by atoms with Gasteiger partial charge in [0.25, 0.3) is 0 Å². The number of allylic oxidation sites excluding steroid dienone is 7. The van der Waals surface area contributed by atoms with Gasteiger partial charge in [-0.3, -0.25) is 0 Å². The summed E-state index contributed by atoms with van der Waals surface area (Å²) in [6.07, 6.45) is 13.5. The highest BCUT2D eigenvalue weighted by Crippen LogP contribution is 2.45. The van der Waals surface area contributed by atoms with Gasteiger partial charge in [0.05, 0.1) is 0 Å². The predicted molar refractivity (Wildman–Crippen MR) is 97.0 cm³/mol. The summed E-state index contributed by atoms with van der Waals surface area (Å²) in [4.78, 5) is 0. The second kappa shape index (κ2) is 4.96. The standard InChI is InChI=1S/C23H18/c1-2-8-16(7-1)23-21-12-6-5-11-19(21)15-22(23)20-13-17-9-3-4-10-18(17)14-20/h1-13,16H,14-15H2. The summed E-state index contributed by atoms with van der Waals surface area (Å²) < 4.78 is 0. The van der Waals surface area contributed by atoms with Gasteiger partial charge in [-0.2, -0.15) is 0 Å². The van der Waals surface area contributed by atoms with Crippen molar-refractivity contribution in [2.45, 2.75) is 12.8 Å². The highest BCUT2D eigenvalue weighted by atomic mass is 14.3. The third-order valence-corrected chi connectivity index (χ3v) is 5.23. The van der Waals surface area contributed by atoms with Crippen LogP contribution in [0.2, 0.25) is 0 Å². The molecule has 0 aliphatic heterocycles. The Hall–Kier alpha value is -2.60. The summed E-state index contributed by atoms with van der Waals surface area (Å²) in [7, 11) is 0. The molecule has 2 aromatic carbocycles. The number of rotatable bonds is 2. The minimum absolute atomic E-state index is 0.429. The van der Waals surface area contributed by atoms with Crippen molar-refractivity contribution in [3.8, 4) is 0 Å². The maximum absolute atomic E-state index is 2.40. The number of hydrogen-bond acceptors (Lipinski definition) is 0. The Balaban J connectivity index is 1.65. The Morgan fingerprint density at radius 1 is 0.739 bits per heavy atom. The zero-order valence-corrected chi connectivity index (χ0v) is 13.0. The highest BCUT2D eigenvalue weighted by Gasteiger charge is 2.29. The molecule has 0 nitrogen and oxygen atoms in total. The first-order valence-corrected chi connectivity index (χ1v) is 8.35. The molecule has 0 bridgehead atoms. The highest BCUT2D eigenvalue weighted by molar-refractivity contribution is 5.86. The van der Waals surface area contributed by atoms with Crippen LogP contribution in [0, 0.1) is 5.92 Å². The van der Waals surface area contributed by atoms with Gasteiger partial charge in [-0.25, -0.2) is 0 Å². The van der Waals surface area contributed by atoms with E-state index >= 15 is 0 Å². The Morgan fingerprint density at radius 2 is 1.48 bits per heavy atom. The molecule has 110 valence electrons. The molecule has 2 aromatic rings. The normalized spacial score (nSPS) is 18.5. The molecule has 0 N–H and O–H groups in total. The molecule has 0 heterocycles. The van der Waals surface area contributed by atoms with Gasteiger partial charge in [0, 0.05) is 5.92 Å². The van der Waals surface area contributed by atoms with Crippen LogP contribution < -0.4 is 0 Å². The SMILES string of the molecule is C1=CC(C2=C(C3=Cc4ccccc4C3)Cc3ccccc32)C=C1. The summed E-state index contributed by atoms with van der Waals surface area (Å²) in [5.74, 6) is 0.429. The smallest absolute Gasteiger partial charge is 0.0213 e. The third kappa shape index (κ3) is 1.98. The van der Waals surface area contributed by atoms with Gasteiger partial charge in [0.2, 0.25) is 0 Å². The first kappa shape index (κ1) is 12.9. The van der Waals surface area contributed by atoms with Crippen LogP contribution in [0.5, 0.6) is 0 Å². The van der Waals surface area contributed by atoms with Gasteiger partial charge >= 0.3 is 0 Å². The molecule has 0 atom stereocenters. The van der Waals surface area contributed by atoms with Crippen LogP contribution >= 0.6 is 0 Å². The van der Waals surface area contributed by atoms with Crippen molar-refractivity contribution < 1.29 is 0 Å². The molecule has 0 unspecified atom stereocenters. The van der Waals surface area contributed by atoms with Crippen LogP contribution in [0.1, 0.15) is 22.3 Å². The Labute approximate surface area is 137 Å². The van der Waals surface area contributed by atoms with Crippen LogP contribution in [-0.2, 0) is 12.8 Å². The predicted octanol–water partition coefficient (Wildman–Crippen LogP) is 5.38. The van der Waals surface area contributed by atoms with Crippen LogP contribution in [0.25, 0.3) is 11.6 Å². The molecule has 0 saturated heterocycles. The third-order valence-electron chi connectivity index (χ3n) is 5.23. The van der Waals surface area contributed by atoms with Crippen molar-refractivity contribution >= 4 is 11.6 Å². The van der Waals surface area contributed by atoms with E-state index in [4.69, 9.17) is 0 Å². The first-order valence-electron chi connectivity index (χ1n) is 8.35. The van der Waals surface area contributed by atoms with Crippen molar-refractivity contribution in [2.24, 2.45) is 5.92 Å². The molecule has 0 amide bonds. The lowest BCUT2D eigenvalue weighted by Crippen LogP contribution is -1.98. The lowest BCUT2D eigenvalue weighted by Gasteiger charge is -2.14. The fourth-order valence-corrected chi connectivity index (χ4v) is 4.15. The van der Waals surface area contributed by atoms with Crippen molar-refractivity contribution in [3.05, 3.63) is 106 Å². The summed E-state index contributed by atoms with van der Waals surface area (Å²) in [6.45, 7) is 0. The quantitative estimate of drug-likeness (QED) is 0.697. The summed E-state index contributed by atoms with van der Waals surface area (Å²) in [6, 6.07) is 17.7. The number of hydrogen-bond donors (Lipinski definition) is 0. The topological polar surface area (TPSA) is 0 Å². The van der Waals surface area contributed by atoms with Crippen molar-refractivity contribution in [1.29, 1.82) is 0 Å². The van der Waals surface area contributed by atoms with Gasteiger partial charge in [-0.15, -0.1) is 0 Å². The van der Waals surface area contributed by atoms with Crippen molar-refractivity contribution in [3.63, 3.8) is 0 Å². The Morgan fingerprint density at radius 3 is 2.30 bits per heavy atom. The Kier molecular flexibility index (Phi) is 2.78. The van der Waals surface area contributed by atoms with E-state index in [9.17, 15) is 0 Å². The van der Waals surface area contributed by atoms with Gasteiger partial charge in [-0.05, 0) is 51.8 Å². The Bertz CT molecular complexity index is 907. The minimum atomic E-state index is 0.429. The van der Waals surface area contributed by atoms with Crippen molar-refractivity contribution in [2.75, 3.05) is 0 Å². The molecule has 3 aliphatic carbocycles. The fourth-order valence-electron chi connectivity index (χ4n) is 4.15. The molecule has 0 saturated carbocycles. The number of fused-ring (bicyclic) bond motifs is 2. The summed E-state index contributed by atoms with van der Waals surface area (Å²) >= 11 is 0. The molecular weight excluding hydrogens is 276 g/mol. The molecule has 5 rings (SSSR count). The van der Waals surface area contributed by atoms with E-state index in [0.29, 0.717) is 5.92 Å². The fraction of sp³-hybridized carbons (Fsp3) is 0.130. The molecule has 0 fully saturated rings. The first-order chi connectivity index (χ1) is 11.4. The van der Waals surface area contributed by atoms with Gasteiger partial charge in [0.15, 0.2) is 0 Å². The zero-order chi connectivity index (χ0) is 15.2. The number of benzene rings is 2. The van der Waals surface area contributed by atoms with Gasteiger partial charge in [-0.1, -0.05) is 78.9 Å². The lowest BCUT2D eigenvalue weighted by atomic mass is 9.90. The van der Waals surface area contributed by atoms with Gasteiger partial charge in [0.1, 0.15) is 0 Å². The van der Waals surface area contributed by atoms with E-state index in [1.54, 1.807) is 5.57 Å². The van der Waals surface area contributed by atoms with E-state index in [0.717, 1.165) is 12.8 Å². The van der Waals surface area contributed by atoms with Crippen molar-refractivity contribution in [1.82, 2.24) is 0 Å². The maximum Gasteiger partial charge on any atom is 0.0213 e. The lowest BCUT2D eigenvalue weighted by molar-refractivity contribution is 1.08. The van der Waals surface area contributed by atoms with Crippen LogP contribution in [-0.4, -0.2) is 0 Å². The van der Waals surface area contributed by atoms with Crippen LogP contribution in [0.3, 0.4) is 0 Å². The largest absolute Gasteiger partial charge is 0.0732 e. The molecule has 3 aliphatic rings. The molecule has 0 heteroatoms. The second-order valence-electron chi connectivity index (χ2n) is 6.57. The van der Waals surface area contributed by atoms with E-state index in [1.165, 1.54) is 33.4 Å². The average molecular weight is 294 g/mol. The molecular formula is C23H18. The zero-order valence-electron chi connectivity index (χ0n) is 13.0. The van der Waals surface area contributed by atoms with E-state index in [1.807, 2.05) is 0 Å². The minimum Gasteiger partial charge on any atom is -0.0732 e. The molecule has 23 heavy (non-hydrogen) atoms. The van der Waals surface area contributed by atoms with E-state index in [-0.39, 0.29) is 0 Å².